The van der Waals surface area contributed by atoms with Gasteiger partial charge in [-0.3, -0.25) is 9.59 Å². The predicted molar refractivity (Wildman–Crippen MR) is 123 cm³/mol. The van der Waals surface area contributed by atoms with E-state index in [1.54, 1.807) is 6.07 Å². The largest absolute Gasteiger partial charge is 0.503 e. The number of halogens is 3. The molecular weight excluding hydrogens is 512 g/mol. The van der Waals surface area contributed by atoms with Crippen LogP contribution in [0.25, 0.3) is 11.0 Å². The maximum atomic E-state index is 13.9. The van der Waals surface area contributed by atoms with Crippen LogP contribution in [0, 0.1) is 11.6 Å². The molecule has 1 N–H and O–H groups in total. The van der Waals surface area contributed by atoms with Crippen LogP contribution in [0.4, 0.5) is 8.78 Å². The normalized spacial score (nSPS) is 15.1. The monoisotopic (exact) mass is 527 g/mol. The fourth-order valence-electron chi connectivity index (χ4n) is 4.20. The van der Waals surface area contributed by atoms with Gasteiger partial charge in [0.05, 0.1) is 28.6 Å². The average Bonchev–Trinajstić information content (AvgIpc) is 3.09. The highest BCUT2D eigenvalue weighted by Crippen LogP contribution is 2.44. The Bertz CT molecular complexity index is 1520. The van der Waals surface area contributed by atoms with Crippen LogP contribution >= 0.6 is 15.9 Å². The molecule has 0 unspecified atom stereocenters. The van der Waals surface area contributed by atoms with Gasteiger partial charge in [0, 0.05) is 6.54 Å². The molecular formula is C25H16BrF2NO5. The SMILES string of the molecule is COc1cc([C@@H]2c3c(oc4ccc(F)cc4c3=O)C(=O)N2Cc2ccc(F)cc2)cc(Br)c1O. The van der Waals surface area contributed by atoms with Gasteiger partial charge in [0.15, 0.2) is 16.9 Å². The molecule has 0 saturated heterocycles. The Hall–Kier alpha value is -3.72. The maximum Gasteiger partial charge on any atom is 0.291 e. The van der Waals surface area contributed by atoms with E-state index in [2.05, 4.69) is 15.9 Å². The number of nitrogens with zero attached hydrogens (tertiary/aromatic N) is 1. The summed E-state index contributed by atoms with van der Waals surface area (Å²) in [5, 5.41) is 10.3. The smallest absolute Gasteiger partial charge is 0.291 e. The minimum absolute atomic E-state index is 0.00462. The standard InChI is InChI=1S/C25H16BrF2NO5/c1-33-19-9-13(8-17(26)23(19)31)21-20-22(30)16-10-15(28)6-7-18(16)34-24(20)25(32)29(21)11-12-2-4-14(27)5-3-12/h2-10,21,31H,11H2,1H3/t21-/m1/s1. The lowest BCUT2D eigenvalue weighted by molar-refractivity contribution is 0.0714. The van der Waals surface area contributed by atoms with Gasteiger partial charge in [0.1, 0.15) is 17.2 Å². The summed E-state index contributed by atoms with van der Waals surface area (Å²) in [7, 11) is 1.37. The first-order chi connectivity index (χ1) is 16.3. The molecule has 34 heavy (non-hydrogen) atoms. The molecule has 172 valence electrons. The first-order valence-electron chi connectivity index (χ1n) is 10.2. The number of hydrogen-bond acceptors (Lipinski definition) is 5. The lowest BCUT2D eigenvalue weighted by Gasteiger charge is -2.26. The Morgan fingerprint density at radius 3 is 2.47 bits per heavy atom. The van der Waals surface area contributed by atoms with Gasteiger partial charge in [-0.1, -0.05) is 12.1 Å². The molecule has 2 heterocycles. The van der Waals surface area contributed by atoms with Crippen molar-refractivity contribution in [2.75, 3.05) is 7.11 Å². The summed E-state index contributed by atoms with van der Waals surface area (Å²) in [6, 6.07) is 11.3. The van der Waals surface area contributed by atoms with E-state index in [4.69, 9.17) is 9.15 Å². The third-order valence-electron chi connectivity index (χ3n) is 5.78. The number of carbonyl (C=O) groups excluding carboxylic acids is 1. The zero-order valence-electron chi connectivity index (χ0n) is 17.6. The van der Waals surface area contributed by atoms with Gasteiger partial charge in [0.25, 0.3) is 5.91 Å². The van der Waals surface area contributed by atoms with Crippen molar-refractivity contribution in [2.45, 2.75) is 12.6 Å². The van der Waals surface area contributed by atoms with Crippen LogP contribution in [-0.2, 0) is 6.54 Å². The number of fused-ring (bicyclic) bond motifs is 2. The van der Waals surface area contributed by atoms with Crippen molar-refractivity contribution in [1.82, 2.24) is 4.90 Å². The minimum Gasteiger partial charge on any atom is -0.503 e. The Kier molecular flexibility index (Phi) is 5.36. The highest BCUT2D eigenvalue weighted by molar-refractivity contribution is 9.10. The summed E-state index contributed by atoms with van der Waals surface area (Å²) >= 11 is 3.28. The quantitative estimate of drug-likeness (QED) is 0.390. The van der Waals surface area contributed by atoms with Crippen molar-refractivity contribution in [1.29, 1.82) is 0 Å². The number of rotatable bonds is 4. The molecule has 1 aliphatic heterocycles. The Balaban J connectivity index is 1.76. The number of ether oxygens (including phenoxy) is 1. The van der Waals surface area contributed by atoms with Crippen molar-refractivity contribution < 1.29 is 27.8 Å². The summed E-state index contributed by atoms with van der Waals surface area (Å²) in [5.74, 6) is -1.75. The molecule has 0 saturated carbocycles. The Labute approximate surface area is 200 Å². The average molecular weight is 528 g/mol. The van der Waals surface area contributed by atoms with E-state index in [9.17, 15) is 23.5 Å². The number of hydrogen-bond donors (Lipinski definition) is 1. The van der Waals surface area contributed by atoms with E-state index in [0.29, 0.717) is 15.6 Å². The van der Waals surface area contributed by atoms with Crippen molar-refractivity contribution >= 4 is 32.8 Å². The van der Waals surface area contributed by atoms with Crippen molar-refractivity contribution in [2.24, 2.45) is 0 Å². The molecule has 1 atom stereocenters. The molecule has 0 radical (unpaired) electrons. The molecule has 0 bridgehead atoms. The van der Waals surface area contributed by atoms with E-state index in [0.717, 1.165) is 12.1 Å². The molecule has 0 fully saturated rings. The summed E-state index contributed by atoms with van der Waals surface area (Å²) in [6.07, 6.45) is 0. The zero-order valence-corrected chi connectivity index (χ0v) is 19.2. The number of benzene rings is 3. The van der Waals surface area contributed by atoms with Crippen LogP contribution in [-0.4, -0.2) is 23.0 Å². The zero-order chi connectivity index (χ0) is 24.1. The number of methoxy groups -OCH3 is 1. The van der Waals surface area contributed by atoms with E-state index in [1.165, 1.54) is 48.4 Å². The fraction of sp³-hybridized carbons (Fsp3) is 0.120. The number of phenols is 1. The van der Waals surface area contributed by atoms with Gasteiger partial charge >= 0.3 is 0 Å². The fourth-order valence-corrected chi connectivity index (χ4v) is 4.66. The summed E-state index contributed by atoms with van der Waals surface area (Å²) in [6.45, 7) is 0.0406. The highest BCUT2D eigenvalue weighted by Gasteiger charge is 2.43. The van der Waals surface area contributed by atoms with E-state index in [1.807, 2.05) is 0 Å². The number of amides is 1. The van der Waals surface area contributed by atoms with Crippen molar-refractivity contribution in [3.63, 3.8) is 0 Å². The van der Waals surface area contributed by atoms with Crippen molar-refractivity contribution in [3.05, 3.63) is 103 Å². The molecule has 9 heteroatoms. The van der Waals surface area contributed by atoms with E-state index < -0.39 is 29.0 Å². The Morgan fingerprint density at radius 2 is 1.76 bits per heavy atom. The predicted octanol–water partition coefficient (Wildman–Crippen LogP) is 5.29. The van der Waals surface area contributed by atoms with Gasteiger partial charge in [-0.05, 0) is 69.5 Å². The third kappa shape index (κ3) is 3.52. The topological polar surface area (TPSA) is 80.0 Å². The van der Waals surface area contributed by atoms with Gasteiger partial charge in [-0.25, -0.2) is 8.78 Å². The lowest BCUT2D eigenvalue weighted by Crippen LogP contribution is -2.29. The minimum atomic E-state index is -0.928. The lowest BCUT2D eigenvalue weighted by atomic mass is 9.97. The second kappa shape index (κ2) is 8.25. The van der Waals surface area contributed by atoms with Gasteiger partial charge < -0.3 is 19.2 Å². The van der Waals surface area contributed by atoms with Crippen LogP contribution in [0.5, 0.6) is 11.5 Å². The maximum absolute atomic E-state index is 13.9. The van der Waals surface area contributed by atoms with Crippen LogP contribution in [0.15, 0.2) is 68.3 Å². The molecule has 1 aliphatic rings. The van der Waals surface area contributed by atoms with Crippen LogP contribution in [0.1, 0.15) is 33.3 Å². The number of aromatic hydroxyl groups is 1. The molecule has 0 spiro atoms. The second-order valence-corrected chi connectivity index (χ2v) is 8.68. The second-order valence-electron chi connectivity index (χ2n) is 7.83. The Morgan fingerprint density at radius 1 is 1.06 bits per heavy atom. The van der Waals surface area contributed by atoms with E-state index >= 15 is 0 Å². The molecule has 4 aromatic rings. The van der Waals surface area contributed by atoms with Gasteiger partial charge in [-0.15, -0.1) is 0 Å². The van der Waals surface area contributed by atoms with Crippen LogP contribution in [0.3, 0.4) is 0 Å². The van der Waals surface area contributed by atoms with Gasteiger partial charge in [0.2, 0.25) is 5.76 Å². The molecule has 5 rings (SSSR count). The highest BCUT2D eigenvalue weighted by atomic mass is 79.9. The number of carbonyl (C=O) groups is 1. The molecule has 3 aromatic carbocycles. The molecule has 1 aromatic heterocycles. The van der Waals surface area contributed by atoms with Gasteiger partial charge in [-0.2, -0.15) is 0 Å². The third-order valence-corrected chi connectivity index (χ3v) is 6.38. The van der Waals surface area contributed by atoms with Crippen molar-refractivity contribution in [3.8, 4) is 11.5 Å². The van der Waals surface area contributed by atoms with Crippen LogP contribution in [0.2, 0.25) is 0 Å². The summed E-state index contributed by atoms with van der Waals surface area (Å²) in [4.78, 5) is 28.4. The molecule has 6 nitrogen and oxygen atoms in total. The summed E-state index contributed by atoms with van der Waals surface area (Å²) < 4.78 is 38.7. The molecule has 1 amide bonds. The van der Waals surface area contributed by atoms with Crippen LogP contribution < -0.4 is 10.2 Å². The first-order valence-corrected chi connectivity index (χ1v) is 11.0. The number of phenolic OH excluding ortho intramolecular Hbond substituents is 1. The summed E-state index contributed by atoms with van der Waals surface area (Å²) in [5.41, 5.74) is 0.674. The first kappa shape index (κ1) is 22.1. The van der Waals surface area contributed by atoms with E-state index in [-0.39, 0.29) is 40.3 Å². The molecule has 0 aliphatic carbocycles.